The summed E-state index contributed by atoms with van der Waals surface area (Å²) in [6.45, 7) is 17.0. The fourth-order valence-corrected chi connectivity index (χ4v) is 4.02. The van der Waals surface area contributed by atoms with Crippen LogP contribution in [0.15, 0.2) is 12.1 Å². The fraction of sp³-hybridized carbons (Fsp3) is 0.640. The van der Waals surface area contributed by atoms with E-state index in [2.05, 4.69) is 39.2 Å². The SMILES string of the molecule is COC(=O)c1cc(CCCO[Si](C)(C)C(C)(C)C)c(CNC(=O)OC(C)(C)C)cc1C(=O)OC. The largest absolute Gasteiger partial charge is 0.465 e. The van der Waals surface area contributed by atoms with E-state index in [0.717, 1.165) is 5.56 Å². The van der Waals surface area contributed by atoms with Crippen LogP contribution in [0.5, 0.6) is 0 Å². The molecule has 0 unspecified atom stereocenters. The Morgan fingerprint density at radius 2 is 1.38 bits per heavy atom. The first-order valence-corrected chi connectivity index (χ1v) is 14.4. The van der Waals surface area contributed by atoms with Gasteiger partial charge in [0.25, 0.3) is 0 Å². The highest BCUT2D eigenvalue weighted by molar-refractivity contribution is 6.74. The number of methoxy groups -OCH3 is 2. The first-order chi connectivity index (χ1) is 15.5. The number of carbonyl (C=O) groups is 3. The maximum Gasteiger partial charge on any atom is 0.407 e. The molecule has 0 spiro atoms. The molecule has 0 aliphatic heterocycles. The number of nitrogens with one attached hydrogen (secondary N) is 1. The molecule has 1 aromatic carbocycles. The molecule has 9 heteroatoms. The molecule has 192 valence electrons. The molecule has 0 aromatic heterocycles. The molecular weight excluding hydrogens is 454 g/mol. The zero-order valence-corrected chi connectivity index (χ0v) is 23.3. The second-order valence-corrected chi connectivity index (χ2v) is 15.5. The molecule has 0 radical (unpaired) electrons. The highest BCUT2D eigenvalue weighted by atomic mass is 28.4. The van der Waals surface area contributed by atoms with Crippen molar-refractivity contribution in [1.82, 2.24) is 5.32 Å². The molecule has 8 nitrogen and oxygen atoms in total. The number of rotatable bonds is 9. The molecule has 0 aliphatic carbocycles. The summed E-state index contributed by atoms with van der Waals surface area (Å²) in [6, 6.07) is 3.20. The highest BCUT2D eigenvalue weighted by Crippen LogP contribution is 2.36. The van der Waals surface area contributed by atoms with Crippen LogP contribution in [0.1, 0.15) is 79.8 Å². The number of carbonyl (C=O) groups excluding carboxylic acids is 3. The molecule has 34 heavy (non-hydrogen) atoms. The summed E-state index contributed by atoms with van der Waals surface area (Å²) in [5.74, 6) is -1.29. The minimum atomic E-state index is -1.88. The minimum Gasteiger partial charge on any atom is -0.465 e. The van der Waals surface area contributed by atoms with E-state index in [1.54, 1.807) is 32.9 Å². The lowest BCUT2D eigenvalue weighted by atomic mass is 9.95. The Balaban J connectivity index is 3.20. The predicted octanol–water partition coefficient (Wildman–Crippen LogP) is 5.24. The van der Waals surface area contributed by atoms with Gasteiger partial charge in [0.05, 0.1) is 25.3 Å². The normalized spacial score (nSPS) is 12.2. The van der Waals surface area contributed by atoms with Crippen LogP contribution in [-0.2, 0) is 31.6 Å². The Morgan fingerprint density at radius 1 is 0.882 bits per heavy atom. The van der Waals surface area contributed by atoms with E-state index < -0.39 is 32.0 Å². The molecule has 0 fully saturated rings. The van der Waals surface area contributed by atoms with Crippen molar-refractivity contribution in [3.8, 4) is 0 Å². The van der Waals surface area contributed by atoms with Crippen molar-refractivity contribution in [2.45, 2.75) is 84.7 Å². The van der Waals surface area contributed by atoms with E-state index in [4.69, 9.17) is 18.6 Å². The lowest BCUT2D eigenvalue weighted by Crippen LogP contribution is -2.41. The van der Waals surface area contributed by atoms with Gasteiger partial charge in [-0.2, -0.15) is 0 Å². The average Bonchev–Trinajstić information content (AvgIpc) is 2.72. The second kappa shape index (κ2) is 11.8. The Hall–Kier alpha value is -2.39. The predicted molar refractivity (Wildman–Crippen MR) is 134 cm³/mol. The molecular formula is C25H41NO7Si. The van der Waals surface area contributed by atoms with Crippen molar-refractivity contribution in [1.29, 1.82) is 0 Å². The van der Waals surface area contributed by atoms with E-state index in [9.17, 15) is 14.4 Å². The van der Waals surface area contributed by atoms with E-state index in [0.29, 0.717) is 25.0 Å². The van der Waals surface area contributed by atoms with Gasteiger partial charge in [0, 0.05) is 13.2 Å². The number of hydrogen-bond acceptors (Lipinski definition) is 7. The van der Waals surface area contributed by atoms with Gasteiger partial charge in [-0.25, -0.2) is 14.4 Å². The lowest BCUT2D eigenvalue weighted by molar-refractivity contribution is 0.0521. The summed E-state index contributed by atoms with van der Waals surface area (Å²) in [7, 11) is 0.620. The van der Waals surface area contributed by atoms with Crippen molar-refractivity contribution in [3.05, 3.63) is 34.4 Å². The van der Waals surface area contributed by atoms with Crippen LogP contribution < -0.4 is 5.32 Å². The van der Waals surface area contributed by atoms with Gasteiger partial charge < -0.3 is 24.0 Å². The monoisotopic (exact) mass is 495 g/mol. The first-order valence-electron chi connectivity index (χ1n) is 11.5. The van der Waals surface area contributed by atoms with Gasteiger partial charge in [0.15, 0.2) is 8.32 Å². The molecule has 1 rings (SSSR count). The van der Waals surface area contributed by atoms with Gasteiger partial charge in [-0.3, -0.25) is 0 Å². The number of esters is 2. The lowest BCUT2D eigenvalue weighted by Gasteiger charge is -2.36. The van der Waals surface area contributed by atoms with Crippen LogP contribution in [0, 0.1) is 0 Å². The van der Waals surface area contributed by atoms with Gasteiger partial charge in [-0.05, 0) is 75.0 Å². The Morgan fingerprint density at radius 3 is 1.82 bits per heavy atom. The molecule has 1 N–H and O–H groups in total. The molecule has 0 heterocycles. The summed E-state index contributed by atoms with van der Waals surface area (Å²) in [6.07, 6.45) is 0.728. The summed E-state index contributed by atoms with van der Waals surface area (Å²) in [5.41, 5.74) is 1.06. The molecule has 0 atom stereocenters. The van der Waals surface area contributed by atoms with E-state index in [1.165, 1.54) is 14.2 Å². The smallest absolute Gasteiger partial charge is 0.407 e. The van der Waals surface area contributed by atoms with Crippen LogP contribution in [0.4, 0.5) is 4.79 Å². The van der Waals surface area contributed by atoms with Crippen LogP contribution in [0.3, 0.4) is 0 Å². The van der Waals surface area contributed by atoms with Gasteiger partial charge in [0.2, 0.25) is 0 Å². The fourth-order valence-electron chi connectivity index (χ4n) is 2.93. The third kappa shape index (κ3) is 8.75. The highest BCUT2D eigenvalue weighted by Gasteiger charge is 2.36. The summed E-state index contributed by atoms with van der Waals surface area (Å²) < 4.78 is 21.3. The maximum absolute atomic E-state index is 12.4. The van der Waals surface area contributed by atoms with Crippen LogP contribution in [0.2, 0.25) is 18.1 Å². The molecule has 1 aromatic rings. The number of ether oxygens (including phenoxy) is 3. The van der Waals surface area contributed by atoms with Crippen molar-refractivity contribution in [2.24, 2.45) is 0 Å². The van der Waals surface area contributed by atoms with E-state index >= 15 is 0 Å². The summed E-state index contributed by atoms with van der Waals surface area (Å²) in [4.78, 5) is 36.9. The third-order valence-corrected chi connectivity index (χ3v) is 10.4. The Bertz CT molecular complexity index is 882. The number of amides is 1. The topological polar surface area (TPSA) is 100 Å². The zero-order valence-electron chi connectivity index (χ0n) is 22.3. The van der Waals surface area contributed by atoms with Gasteiger partial charge in [0.1, 0.15) is 5.60 Å². The molecule has 0 saturated heterocycles. The van der Waals surface area contributed by atoms with Crippen LogP contribution in [-0.4, -0.2) is 52.8 Å². The molecule has 0 saturated carbocycles. The molecule has 1 amide bonds. The van der Waals surface area contributed by atoms with E-state index in [-0.39, 0.29) is 22.7 Å². The van der Waals surface area contributed by atoms with Gasteiger partial charge in [-0.1, -0.05) is 20.8 Å². The van der Waals surface area contributed by atoms with Gasteiger partial charge >= 0.3 is 18.0 Å². The standard InChI is InChI=1S/C25H41NO7Si/c1-24(2,3)33-23(29)26-16-18-15-20(22(28)31-8)19(21(27)30-7)14-17(18)12-11-13-32-34(9,10)25(4,5)6/h14-15H,11-13,16H2,1-10H3,(H,26,29). The zero-order chi connectivity index (χ0) is 26.3. The van der Waals surface area contributed by atoms with Crippen LogP contribution in [0.25, 0.3) is 0 Å². The Kier molecular flexibility index (Phi) is 10.3. The van der Waals surface area contributed by atoms with Crippen molar-refractivity contribution < 1.29 is 33.0 Å². The number of aryl methyl sites for hydroxylation is 1. The van der Waals surface area contributed by atoms with Crippen molar-refractivity contribution >= 4 is 26.3 Å². The number of benzene rings is 1. The minimum absolute atomic E-state index is 0.0802. The summed E-state index contributed by atoms with van der Waals surface area (Å²) >= 11 is 0. The Labute approximate surface area is 204 Å². The first kappa shape index (κ1) is 29.6. The second-order valence-electron chi connectivity index (χ2n) is 10.7. The average molecular weight is 496 g/mol. The van der Waals surface area contributed by atoms with Crippen molar-refractivity contribution in [3.63, 3.8) is 0 Å². The number of hydrogen-bond donors (Lipinski definition) is 1. The van der Waals surface area contributed by atoms with Gasteiger partial charge in [-0.15, -0.1) is 0 Å². The number of alkyl carbamates (subject to hydrolysis) is 1. The molecule has 0 bridgehead atoms. The summed E-state index contributed by atoms with van der Waals surface area (Å²) in [5, 5.41) is 2.83. The van der Waals surface area contributed by atoms with Crippen LogP contribution >= 0.6 is 0 Å². The molecule has 0 aliphatic rings. The maximum atomic E-state index is 12.4. The third-order valence-electron chi connectivity index (χ3n) is 5.83. The quantitative estimate of drug-likeness (QED) is 0.216. The van der Waals surface area contributed by atoms with E-state index in [1.807, 2.05) is 0 Å². The van der Waals surface area contributed by atoms with Crippen molar-refractivity contribution in [2.75, 3.05) is 20.8 Å².